The molecular weight excluding hydrogens is 372 g/mol. The molecule has 146 valence electrons. The van der Waals surface area contributed by atoms with E-state index in [0.717, 1.165) is 25.7 Å². The summed E-state index contributed by atoms with van der Waals surface area (Å²) in [6.07, 6.45) is 1.67. The van der Waals surface area contributed by atoms with Gasteiger partial charge in [-0.25, -0.2) is 9.59 Å². The zero-order valence-corrected chi connectivity index (χ0v) is 16.2. The summed E-state index contributed by atoms with van der Waals surface area (Å²) in [6, 6.07) is 8.40. The van der Waals surface area contributed by atoms with E-state index in [1.807, 2.05) is 13.8 Å². The van der Waals surface area contributed by atoms with Crippen LogP contribution in [0.1, 0.15) is 39.5 Å². The molecule has 0 atom stereocenters. The van der Waals surface area contributed by atoms with Gasteiger partial charge in [-0.1, -0.05) is 62.6 Å². The highest BCUT2D eigenvalue weighted by atomic mass is 35.5. The van der Waals surface area contributed by atoms with E-state index in [-0.39, 0.29) is 29.7 Å². The summed E-state index contributed by atoms with van der Waals surface area (Å²) < 4.78 is 20.6. The van der Waals surface area contributed by atoms with Gasteiger partial charge in [-0.05, 0) is 12.8 Å². The molecule has 0 N–H and O–H groups in total. The number of carbonyl (C=O) groups excluding carboxylic acids is 2. The van der Waals surface area contributed by atoms with Crippen LogP contribution in [0.5, 0.6) is 11.5 Å². The number of halogens is 1. The van der Waals surface area contributed by atoms with Gasteiger partial charge in [0.05, 0.1) is 18.2 Å². The van der Waals surface area contributed by atoms with Crippen molar-refractivity contribution in [3.05, 3.63) is 35.4 Å². The third-order valence-electron chi connectivity index (χ3n) is 3.73. The summed E-state index contributed by atoms with van der Waals surface area (Å²) >= 11 is 6.26. The van der Waals surface area contributed by atoms with Gasteiger partial charge >= 0.3 is 12.3 Å². The summed E-state index contributed by atoms with van der Waals surface area (Å²) in [4.78, 5) is 23.7. The van der Waals surface area contributed by atoms with Gasteiger partial charge in [0.25, 0.3) is 0 Å². The van der Waals surface area contributed by atoms with E-state index in [0.29, 0.717) is 10.8 Å². The maximum atomic E-state index is 11.9. The van der Waals surface area contributed by atoms with E-state index in [9.17, 15) is 9.59 Å². The Kier molecular flexibility index (Phi) is 8.20. The Morgan fingerprint density at radius 3 is 2.04 bits per heavy atom. The third-order valence-corrected chi connectivity index (χ3v) is 4.01. The number of unbranched alkanes of at least 4 members (excludes halogenated alkanes) is 2. The van der Waals surface area contributed by atoms with Gasteiger partial charge in [-0.15, -0.1) is 0 Å². The number of ether oxygens (including phenoxy) is 4. The molecule has 0 unspecified atom stereocenters. The van der Waals surface area contributed by atoms with Crippen LogP contribution >= 0.6 is 11.6 Å². The number of fused-ring (bicyclic) bond motifs is 1. The van der Waals surface area contributed by atoms with Crippen LogP contribution in [0.2, 0.25) is 5.02 Å². The first kappa shape index (κ1) is 20.8. The van der Waals surface area contributed by atoms with Crippen molar-refractivity contribution >= 4 is 34.7 Å². The van der Waals surface area contributed by atoms with E-state index < -0.39 is 12.3 Å². The third kappa shape index (κ3) is 6.03. The largest absolute Gasteiger partial charge is 0.513 e. The van der Waals surface area contributed by atoms with E-state index in [1.165, 1.54) is 6.07 Å². The molecule has 2 rings (SSSR count). The second kappa shape index (κ2) is 10.6. The van der Waals surface area contributed by atoms with Gasteiger partial charge in [0.1, 0.15) is 5.75 Å². The number of benzene rings is 2. The quantitative estimate of drug-likeness (QED) is 0.305. The van der Waals surface area contributed by atoms with Gasteiger partial charge < -0.3 is 18.9 Å². The van der Waals surface area contributed by atoms with Gasteiger partial charge in [-0.2, -0.15) is 0 Å². The molecule has 7 heteroatoms. The normalized spacial score (nSPS) is 10.5. The summed E-state index contributed by atoms with van der Waals surface area (Å²) in [5, 5.41) is 1.21. The molecule has 2 aromatic carbocycles. The molecule has 2 aromatic rings. The molecule has 0 heterocycles. The predicted molar refractivity (Wildman–Crippen MR) is 103 cm³/mol. The summed E-state index contributed by atoms with van der Waals surface area (Å²) in [5.41, 5.74) is 0. The lowest BCUT2D eigenvalue weighted by Gasteiger charge is -2.13. The van der Waals surface area contributed by atoms with Gasteiger partial charge in [0.15, 0.2) is 5.75 Å². The van der Waals surface area contributed by atoms with Crippen molar-refractivity contribution in [3.63, 3.8) is 0 Å². The first-order chi connectivity index (χ1) is 13.1. The number of rotatable bonds is 8. The minimum Gasteiger partial charge on any atom is -0.434 e. The van der Waals surface area contributed by atoms with Crippen LogP contribution < -0.4 is 9.47 Å². The lowest BCUT2D eigenvalue weighted by atomic mass is 10.1. The van der Waals surface area contributed by atoms with Gasteiger partial charge in [-0.3, -0.25) is 0 Å². The maximum Gasteiger partial charge on any atom is 0.513 e. The van der Waals surface area contributed by atoms with E-state index in [1.54, 1.807) is 24.3 Å². The molecule has 0 amide bonds. The molecule has 6 nitrogen and oxygen atoms in total. The van der Waals surface area contributed by atoms with Crippen LogP contribution in [-0.4, -0.2) is 25.5 Å². The Labute approximate surface area is 163 Å². The Hall–Kier alpha value is -2.47. The molecule has 0 aromatic heterocycles. The van der Waals surface area contributed by atoms with Crippen LogP contribution in [0.25, 0.3) is 10.8 Å². The van der Waals surface area contributed by atoms with Crippen LogP contribution in [0, 0.1) is 0 Å². The highest BCUT2D eigenvalue weighted by Crippen LogP contribution is 2.40. The molecule has 0 aliphatic heterocycles. The van der Waals surface area contributed by atoms with Crippen LogP contribution in [0.15, 0.2) is 30.3 Å². The minimum atomic E-state index is -0.830. The average molecular weight is 395 g/mol. The maximum absolute atomic E-state index is 11.9. The number of hydrogen-bond donors (Lipinski definition) is 0. The van der Waals surface area contributed by atoms with Gasteiger partial charge in [0.2, 0.25) is 0 Å². The predicted octanol–water partition coefficient (Wildman–Crippen LogP) is 6.12. The lowest BCUT2D eigenvalue weighted by molar-refractivity contribution is 0.0963. The van der Waals surface area contributed by atoms with E-state index in [4.69, 9.17) is 30.5 Å². The van der Waals surface area contributed by atoms with Crippen molar-refractivity contribution in [2.24, 2.45) is 0 Å². The summed E-state index contributed by atoms with van der Waals surface area (Å²) in [5.74, 6) is 0.379. The van der Waals surface area contributed by atoms with E-state index >= 15 is 0 Å². The monoisotopic (exact) mass is 394 g/mol. The molecule has 0 fully saturated rings. The summed E-state index contributed by atoms with van der Waals surface area (Å²) in [6.45, 7) is 4.54. The molecule has 0 saturated carbocycles. The smallest absolute Gasteiger partial charge is 0.434 e. The van der Waals surface area contributed by atoms with Gasteiger partial charge in [0, 0.05) is 16.8 Å². The van der Waals surface area contributed by atoms with Crippen molar-refractivity contribution in [2.45, 2.75) is 39.5 Å². The zero-order chi connectivity index (χ0) is 19.6. The number of hydrogen-bond acceptors (Lipinski definition) is 6. The highest BCUT2D eigenvalue weighted by molar-refractivity contribution is 6.33. The second-order valence-corrected chi connectivity index (χ2v) is 6.25. The van der Waals surface area contributed by atoms with Crippen molar-refractivity contribution in [1.82, 2.24) is 0 Å². The first-order valence-corrected chi connectivity index (χ1v) is 9.35. The Balaban J connectivity index is 2.22. The van der Waals surface area contributed by atoms with E-state index in [2.05, 4.69) is 0 Å². The molecule has 0 aliphatic rings. The van der Waals surface area contributed by atoms with Crippen molar-refractivity contribution in [1.29, 1.82) is 0 Å². The fourth-order valence-electron chi connectivity index (χ4n) is 2.30. The first-order valence-electron chi connectivity index (χ1n) is 8.97. The van der Waals surface area contributed by atoms with Crippen molar-refractivity contribution in [2.75, 3.05) is 13.2 Å². The van der Waals surface area contributed by atoms with Crippen molar-refractivity contribution < 1.29 is 28.5 Å². The molecule has 0 radical (unpaired) electrons. The van der Waals surface area contributed by atoms with Crippen LogP contribution in [-0.2, 0) is 9.47 Å². The lowest BCUT2D eigenvalue weighted by Crippen LogP contribution is -2.13. The fourth-order valence-corrected chi connectivity index (χ4v) is 2.54. The topological polar surface area (TPSA) is 71.1 Å². The Bertz CT molecular complexity index is 789. The SMILES string of the molecule is CCCCOC(=O)Oc1cc(Cl)c(OC(=O)OCCCC)c2ccccc12. The number of carbonyl (C=O) groups is 2. The highest BCUT2D eigenvalue weighted by Gasteiger charge is 2.18. The Morgan fingerprint density at radius 2 is 1.44 bits per heavy atom. The zero-order valence-electron chi connectivity index (χ0n) is 15.5. The molecule has 0 aliphatic carbocycles. The molecular formula is C20H23ClO6. The molecule has 0 bridgehead atoms. The van der Waals surface area contributed by atoms with Crippen molar-refractivity contribution in [3.8, 4) is 11.5 Å². The summed E-state index contributed by atoms with van der Waals surface area (Å²) in [7, 11) is 0. The van der Waals surface area contributed by atoms with Crippen LogP contribution in [0.3, 0.4) is 0 Å². The van der Waals surface area contributed by atoms with Crippen LogP contribution in [0.4, 0.5) is 9.59 Å². The second-order valence-electron chi connectivity index (χ2n) is 5.84. The molecule has 27 heavy (non-hydrogen) atoms. The molecule has 0 saturated heterocycles. The Morgan fingerprint density at radius 1 is 0.889 bits per heavy atom. The minimum absolute atomic E-state index is 0.123. The average Bonchev–Trinajstić information content (AvgIpc) is 2.65. The fraction of sp³-hybridized carbons (Fsp3) is 0.400. The molecule has 0 spiro atoms. The standard InChI is InChI=1S/C20H23ClO6/c1-3-5-11-24-19(22)26-17-13-16(21)18(15-10-8-7-9-14(15)17)27-20(23)25-12-6-4-2/h7-10,13H,3-6,11-12H2,1-2H3.